The molecule has 1 amide bonds. The minimum atomic E-state index is -0.0446. The van der Waals surface area contributed by atoms with Crippen LogP contribution in [0.25, 0.3) is 0 Å². The number of nitrogens with one attached hydrogen (secondary N) is 3. The van der Waals surface area contributed by atoms with Crippen molar-refractivity contribution in [1.82, 2.24) is 20.9 Å². The van der Waals surface area contributed by atoms with Crippen molar-refractivity contribution in [3.63, 3.8) is 0 Å². The molecule has 1 saturated heterocycles. The standard InChI is InChI=1S/C22H31N5O2S/c1-23-22(26-17-21(28)24-10-9-18-6-3-2-4-7-18)25-16-19(20-8-5-15-30-20)27-11-13-29-14-12-27/h2-8,15,19H,9-14,16-17H2,1H3,(H,24,28)(H2,23,25,26). The summed E-state index contributed by atoms with van der Waals surface area (Å²) in [5.74, 6) is 0.583. The second kappa shape index (κ2) is 12.3. The number of benzene rings is 1. The summed E-state index contributed by atoms with van der Waals surface area (Å²) in [5, 5.41) is 11.5. The summed E-state index contributed by atoms with van der Waals surface area (Å²) < 4.78 is 5.50. The lowest BCUT2D eigenvalue weighted by atomic mass is 10.1. The normalized spacial score (nSPS) is 16.1. The van der Waals surface area contributed by atoms with Crippen LogP contribution >= 0.6 is 11.3 Å². The van der Waals surface area contributed by atoms with Crippen molar-refractivity contribution in [3.05, 3.63) is 58.3 Å². The first kappa shape index (κ1) is 22.3. The van der Waals surface area contributed by atoms with Crippen LogP contribution in [0.2, 0.25) is 0 Å². The summed E-state index contributed by atoms with van der Waals surface area (Å²) in [4.78, 5) is 20.2. The number of nitrogens with zero attached hydrogens (tertiary/aromatic N) is 2. The van der Waals surface area contributed by atoms with Gasteiger partial charge in [-0.3, -0.25) is 14.7 Å². The first-order chi connectivity index (χ1) is 14.8. The van der Waals surface area contributed by atoms with Gasteiger partial charge in [0.15, 0.2) is 5.96 Å². The molecule has 7 nitrogen and oxygen atoms in total. The molecule has 2 heterocycles. The number of hydrogen-bond acceptors (Lipinski definition) is 5. The van der Waals surface area contributed by atoms with E-state index in [1.807, 2.05) is 18.2 Å². The topological polar surface area (TPSA) is 78.0 Å². The Kier molecular flexibility index (Phi) is 9.14. The molecular formula is C22H31N5O2S. The fourth-order valence-corrected chi connectivity index (χ4v) is 4.27. The summed E-state index contributed by atoms with van der Waals surface area (Å²) in [6.07, 6.45) is 0.821. The quantitative estimate of drug-likeness (QED) is 0.417. The summed E-state index contributed by atoms with van der Waals surface area (Å²) in [5.41, 5.74) is 1.21. The van der Waals surface area contributed by atoms with Gasteiger partial charge >= 0.3 is 0 Å². The zero-order valence-corrected chi connectivity index (χ0v) is 18.3. The van der Waals surface area contributed by atoms with Gasteiger partial charge in [0.05, 0.1) is 25.8 Å². The van der Waals surface area contributed by atoms with Crippen LogP contribution in [0.15, 0.2) is 52.8 Å². The molecule has 1 aromatic carbocycles. The van der Waals surface area contributed by atoms with Crippen LogP contribution in [0.4, 0.5) is 0 Å². The van der Waals surface area contributed by atoms with Gasteiger partial charge in [0, 0.05) is 38.1 Å². The Labute approximate surface area is 182 Å². The fraction of sp³-hybridized carbons (Fsp3) is 0.455. The van der Waals surface area contributed by atoms with E-state index in [-0.39, 0.29) is 18.5 Å². The highest BCUT2D eigenvalue weighted by molar-refractivity contribution is 7.10. The molecule has 1 aliphatic rings. The number of morpholine rings is 1. The molecule has 1 unspecified atom stereocenters. The molecule has 30 heavy (non-hydrogen) atoms. The van der Waals surface area contributed by atoms with Crippen LogP contribution in [0.3, 0.4) is 0 Å². The number of carbonyl (C=O) groups is 1. The van der Waals surface area contributed by atoms with Gasteiger partial charge in [-0.2, -0.15) is 0 Å². The Balaban J connectivity index is 1.42. The molecule has 162 valence electrons. The number of aliphatic imine (C=N–C) groups is 1. The minimum absolute atomic E-state index is 0.0446. The zero-order chi connectivity index (χ0) is 21.0. The van der Waals surface area contributed by atoms with Crippen molar-refractivity contribution < 1.29 is 9.53 Å². The average Bonchev–Trinajstić information content (AvgIpc) is 3.32. The van der Waals surface area contributed by atoms with E-state index in [0.717, 1.165) is 39.3 Å². The zero-order valence-electron chi connectivity index (χ0n) is 17.5. The molecule has 1 aromatic heterocycles. The Morgan fingerprint density at radius 3 is 2.63 bits per heavy atom. The molecule has 3 rings (SSSR count). The maximum absolute atomic E-state index is 12.1. The highest BCUT2D eigenvalue weighted by Crippen LogP contribution is 2.25. The van der Waals surface area contributed by atoms with Crippen LogP contribution < -0.4 is 16.0 Å². The summed E-state index contributed by atoms with van der Waals surface area (Å²) in [6, 6.07) is 14.6. The molecule has 0 radical (unpaired) electrons. The molecular weight excluding hydrogens is 398 g/mol. The monoisotopic (exact) mass is 429 g/mol. The number of hydrogen-bond donors (Lipinski definition) is 3. The molecule has 2 aromatic rings. The third-order valence-corrected chi connectivity index (χ3v) is 6.01. The average molecular weight is 430 g/mol. The van der Waals surface area contributed by atoms with Gasteiger partial charge in [-0.1, -0.05) is 36.4 Å². The lowest BCUT2D eigenvalue weighted by Gasteiger charge is -2.34. The van der Waals surface area contributed by atoms with Crippen LogP contribution in [0, 0.1) is 0 Å². The molecule has 0 saturated carbocycles. The smallest absolute Gasteiger partial charge is 0.239 e. The number of thiophene rings is 1. The van der Waals surface area contributed by atoms with E-state index in [2.05, 4.69) is 55.5 Å². The van der Waals surface area contributed by atoms with Crippen molar-refractivity contribution in [2.24, 2.45) is 4.99 Å². The molecule has 0 aliphatic carbocycles. The molecule has 1 aliphatic heterocycles. The third kappa shape index (κ3) is 7.12. The number of carbonyl (C=O) groups excluding carboxylic acids is 1. The fourth-order valence-electron chi connectivity index (χ4n) is 3.41. The minimum Gasteiger partial charge on any atom is -0.379 e. The van der Waals surface area contributed by atoms with Gasteiger partial charge in [-0.15, -0.1) is 11.3 Å². The van der Waals surface area contributed by atoms with Crippen molar-refractivity contribution >= 4 is 23.2 Å². The molecule has 0 bridgehead atoms. The number of ether oxygens (including phenoxy) is 1. The highest BCUT2D eigenvalue weighted by atomic mass is 32.1. The maximum Gasteiger partial charge on any atom is 0.239 e. The van der Waals surface area contributed by atoms with Crippen LogP contribution in [0.5, 0.6) is 0 Å². The summed E-state index contributed by atoms with van der Waals surface area (Å²) in [7, 11) is 1.72. The largest absolute Gasteiger partial charge is 0.379 e. The summed E-state index contributed by atoms with van der Waals surface area (Å²) in [6.45, 7) is 4.88. The van der Waals surface area contributed by atoms with Crippen molar-refractivity contribution in [1.29, 1.82) is 0 Å². The molecule has 8 heteroatoms. The highest BCUT2D eigenvalue weighted by Gasteiger charge is 2.23. The summed E-state index contributed by atoms with van der Waals surface area (Å²) >= 11 is 1.76. The van der Waals surface area contributed by atoms with Gasteiger partial charge in [-0.05, 0) is 23.4 Å². The Bertz CT molecular complexity index is 776. The van der Waals surface area contributed by atoms with Crippen LogP contribution in [-0.2, 0) is 16.0 Å². The van der Waals surface area contributed by atoms with E-state index < -0.39 is 0 Å². The molecule has 1 fully saturated rings. The molecule has 0 spiro atoms. The Morgan fingerprint density at radius 1 is 1.13 bits per heavy atom. The SMILES string of the molecule is CN=C(NCC(=O)NCCc1ccccc1)NCC(c1cccs1)N1CCOCC1. The second-order valence-electron chi connectivity index (χ2n) is 7.07. The van der Waals surface area contributed by atoms with Crippen LogP contribution in [0.1, 0.15) is 16.5 Å². The number of rotatable bonds is 9. The molecule has 3 N–H and O–H groups in total. The lowest BCUT2D eigenvalue weighted by molar-refractivity contribution is -0.119. The third-order valence-electron chi connectivity index (χ3n) is 5.04. The van der Waals surface area contributed by atoms with E-state index >= 15 is 0 Å². The predicted molar refractivity (Wildman–Crippen MR) is 122 cm³/mol. The Hall–Kier alpha value is -2.42. The lowest BCUT2D eigenvalue weighted by Crippen LogP contribution is -2.47. The van der Waals surface area contributed by atoms with E-state index in [0.29, 0.717) is 12.5 Å². The van der Waals surface area contributed by atoms with Crippen LogP contribution in [-0.4, -0.2) is 69.8 Å². The van der Waals surface area contributed by atoms with Crippen molar-refractivity contribution in [2.75, 3.05) is 53.0 Å². The number of amides is 1. The van der Waals surface area contributed by atoms with E-state index in [1.165, 1.54) is 10.4 Å². The molecule has 1 atom stereocenters. The van der Waals surface area contributed by atoms with Crippen molar-refractivity contribution in [3.8, 4) is 0 Å². The first-order valence-electron chi connectivity index (χ1n) is 10.4. The van der Waals surface area contributed by atoms with E-state index in [9.17, 15) is 4.79 Å². The Morgan fingerprint density at radius 2 is 1.93 bits per heavy atom. The van der Waals surface area contributed by atoms with Gasteiger partial charge in [0.2, 0.25) is 5.91 Å². The van der Waals surface area contributed by atoms with Crippen molar-refractivity contribution in [2.45, 2.75) is 12.5 Å². The van der Waals surface area contributed by atoms with Gasteiger partial charge in [0.25, 0.3) is 0 Å². The first-order valence-corrected chi connectivity index (χ1v) is 11.2. The van der Waals surface area contributed by atoms with E-state index in [1.54, 1.807) is 18.4 Å². The number of guanidine groups is 1. The predicted octanol–water partition coefficient (Wildman–Crippen LogP) is 1.65. The second-order valence-corrected chi connectivity index (χ2v) is 8.05. The maximum atomic E-state index is 12.1. The van der Waals surface area contributed by atoms with E-state index in [4.69, 9.17) is 4.74 Å². The van der Waals surface area contributed by atoms with Gasteiger partial charge in [0.1, 0.15) is 0 Å². The van der Waals surface area contributed by atoms with Gasteiger partial charge in [-0.25, -0.2) is 0 Å². The van der Waals surface area contributed by atoms with Gasteiger partial charge < -0.3 is 20.7 Å².